The fourth-order valence-electron chi connectivity index (χ4n) is 6.83. The van der Waals surface area contributed by atoms with Crippen LogP contribution in [-0.4, -0.2) is 47.0 Å². The number of rotatable bonds is 3. The Bertz CT molecular complexity index is 1350. The molecule has 1 saturated heterocycles. The van der Waals surface area contributed by atoms with E-state index in [0.29, 0.717) is 6.61 Å². The highest BCUT2D eigenvalue weighted by atomic mass is 16.5. The molecular weight excluding hydrogens is 434 g/mol. The first-order valence-corrected chi connectivity index (χ1v) is 13.4. The van der Waals surface area contributed by atoms with E-state index in [-0.39, 0.29) is 11.9 Å². The summed E-state index contributed by atoms with van der Waals surface area (Å²) in [6.07, 6.45) is 10.8. The van der Waals surface area contributed by atoms with Gasteiger partial charge in [0.1, 0.15) is 6.61 Å². The number of allylic oxidation sites excluding steroid dienone is 1. The molecule has 0 amide bonds. The molecule has 1 aromatic carbocycles. The molecule has 1 aromatic heterocycles. The Morgan fingerprint density at radius 3 is 2.74 bits per heavy atom. The van der Waals surface area contributed by atoms with Crippen molar-refractivity contribution in [3.8, 4) is 0 Å². The predicted molar refractivity (Wildman–Crippen MR) is 138 cm³/mol. The molecule has 5 heteroatoms. The minimum Gasteiger partial charge on any atom is -0.460 e. The highest BCUT2D eigenvalue weighted by Gasteiger charge is 2.39. The average Bonchev–Trinajstić information content (AvgIpc) is 3.48. The monoisotopic (exact) mass is 467 g/mol. The molecule has 0 spiro atoms. The molecule has 7 rings (SSSR count). The van der Waals surface area contributed by atoms with E-state index in [1.807, 2.05) is 6.92 Å². The first kappa shape index (κ1) is 21.4. The number of pyridine rings is 1. The van der Waals surface area contributed by atoms with Crippen LogP contribution in [0.5, 0.6) is 0 Å². The Balaban J connectivity index is 1.37. The summed E-state index contributed by atoms with van der Waals surface area (Å²) < 4.78 is 5.46. The molecule has 1 aliphatic carbocycles. The minimum atomic E-state index is -0.267. The van der Waals surface area contributed by atoms with E-state index in [0.717, 1.165) is 59.7 Å². The van der Waals surface area contributed by atoms with Gasteiger partial charge in [-0.15, -0.1) is 0 Å². The maximum absolute atomic E-state index is 12.3. The van der Waals surface area contributed by atoms with E-state index in [1.54, 1.807) is 0 Å². The Labute approximate surface area is 207 Å². The van der Waals surface area contributed by atoms with Crippen LogP contribution < -0.4 is 0 Å². The first-order valence-electron chi connectivity index (χ1n) is 13.4. The molecule has 0 saturated carbocycles. The second-order valence-electron chi connectivity index (χ2n) is 10.9. The van der Waals surface area contributed by atoms with Gasteiger partial charge < -0.3 is 14.5 Å². The molecule has 1 fully saturated rings. The van der Waals surface area contributed by atoms with Gasteiger partial charge in [0.05, 0.1) is 29.4 Å². The highest BCUT2D eigenvalue weighted by Crippen LogP contribution is 2.46. The summed E-state index contributed by atoms with van der Waals surface area (Å²) in [4.78, 5) is 22.5. The average molecular weight is 468 g/mol. The van der Waals surface area contributed by atoms with Crippen molar-refractivity contribution in [3.63, 3.8) is 0 Å². The van der Waals surface area contributed by atoms with Crippen molar-refractivity contribution in [3.05, 3.63) is 69.6 Å². The minimum absolute atomic E-state index is 0.149. The normalized spacial score (nSPS) is 23.7. The zero-order chi connectivity index (χ0) is 23.7. The Hall–Kier alpha value is -2.92. The van der Waals surface area contributed by atoms with E-state index in [4.69, 9.17) is 9.72 Å². The third kappa shape index (κ3) is 3.31. The molecular formula is C30H33N3O2. The number of carbonyl (C=O) groups is 1. The summed E-state index contributed by atoms with van der Waals surface area (Å²) in [6, 6.07) is 4.81. The molecule has 180 valence electrons. The number of piperidine rings is 1. The second-order valence-corrected chi connectivity index (χ2v) is 10.9. The van der Waals surface area contributed by atoms with Crippen LogP contribution in [0.4, 0.5) is 0 Å². The van der Waals surface area contributed by atoms with Gasteiger partial charge in [0.15, 0.2) is 0 Å². The number of fused-ring (bicyclic) bond motifs is 5. The van der Waals surface area contributed by atoms with Crippen LogP contribution in [-0.2, 0) is 35.3 Å². The van der Waals surface area contributed by atoms with Crippen LogP contribution in [0.2, 0.25) is 0 Å². The van der Waals surface area contributed by atoms with Crippen LogP contribution in [0.1, 0.15) is 60.6 Å². The molecule has 1 unspecified atom stereocenters. The van der Waals surface area contributed by atoms with Crippen molar-refractivity contribution >= 4 is 22.6 Å². The quantitative estimate of drug-likeness (QED) is 0.600. The number of carbonyl (C=O) groups excluding carboxylic acids is 1. The number of benzene rings is 1. The number of cyclic esters (lactones) is 1. The SMILES string of the molecule is C=C1C2=C(C=C3c4nc5cc6c(cc5c(CCN5CCCCC5)c4CN13)CCC6)C(C)C(=O)OC2. The molecule has 1 atom stereocenters. The zero-order valence-electron chi connectivity index (χ0n) is 20.7. The van der Waals surface area contributed by atoms with Gasteiger partial charge in [0.2, 0.25) is 0 Å². The lowest BCUT2D eigenvalue weighted by atomic mass is 9.88. The molecule has 0 bridgehead atoms. The van der Waals surface area contributed by atoms with Crippen molar-refractivity contribution in [1.82, 2.24) is 14.8 Å². The zero-order valence-corrected chi connectivity index (χ0v) is 20.7. The summed E-state index contributed by atoms with van der Waals surface area (Å²) in [5.41, 5.74) is 12.2. The number of aryl methyl sites for hydroxylation is 2. The van der Waals surface area contributed by atoms with Crippen LogP contribution >= 0.6 is 0 Å². The number of nitrogens with zero attached hydrogens (tertiary/aromatic N) is 3. The van der Waals surface area contributed by atoms with E-state index < -0.39 is 0 Å². The van der Waals surface area contributed by atoms with Crippen LogP contribution in [0, 0.1) is 5.92 Å². The molecule has 0 N–H and O–H groups in total. The van der Waals surface area contributed by atoms with Gasteiger partial charge in [0.25, 0.3) is 0 Å². The molecule has 0 radical (unpaired) electrons. The highest BCUT2D eigenvalue weighted by molar-refractivity contribution is 5.91. The summed E-state index contributed by atoms with van der Waals surface area (Å²) in [6.45, 7) is 11.1. The summed E-state index contributed by atoms with van der Waals surface area (Å²) >= 11 is 0. The van der Waals surface area contributed by atoms with Crippen molar-refractivity contribution in [1.29, 1.82) is 0 Å². The van der Waals surface area contributed by atoms with Gasteiger partial charge in [-0.05, 0) is 99.0 Å². The van der Waals surface area contributed by atoms with E-state index in [1.165, 1.54) is 72.8 Å². The van der Waals surface area contributed by atoms with Crippen LogP contribution in [0.15, 0.2) is 41.6 Å². The largest absolute Gasteiger partial charge is 0.460 e. The fourth-order valence-corrected chi connectivity index (χ4v) is 6.83. The summed E-state index contributed by atoms with van der Waals surface area (Å²) in [5, 5.41) is 1.34. The van der Waals surface area contributed by atoms with Gasteiger partial charge in [-0.25, -0.2) is 4.98 Å². The van der Waals surface area contributed by atoms with Crippen LogP contribution in [0.25, 0.3) is 16.6 Å². The van der Waals surface area contributed by atoms with Crippen LogP contribution in [0.3, 0.4) is 0 Å². The summed E-state index contributed by atoms with van der Waals surface area (Å²) in [5.74, 6) is -0.416. The van der Waals surface area contributed by atoms with E-state index in [9.17, 15) is 4.79 Å². The van der Waals surface area contributed by atoms with E-state index in [2.05, 4.69) is 34.6 Å². The number of likely N-dealkylation sites (tertiary alicyclic amines) is 1. The smallest absolute Gasteiger partial charge is 0.313 e. The molecule has 35 heavy (non-hydrogen) atoms. The van der Waals surface area contributed by atoms with Gasteiger partial charge >= 0.3 is 5.97 Å². The molecule has 5 heterocycles. The standard InChI is InChI=1S/C30H33N3O2/c1-18-23-15-28-29-25(16-33(28)19(2)26(23)17-35-30(18)34)22(9-12-32-10-4-3-5-11-32)24-13-20-7-6-8-21(20)14-27(24)31-29/h13-15,18H,2-12,16-17H2,1H3. The van der Waals surface area contributed by atoms with Crippen molar-refractivity contribution in [2.24, 2.45) is 5.92 Å². The number of esters is 1. The number of aromatic nitrogens is 1. The lowest BCUT2D eigenvalue weighted by molar-refractivity contribution is -0.146. The maximum Gasteiger partial charge on any atom is 0.313 e. The lowest BCUT2D eigenvalue weighted by Gasteiger charge is -2.34. The van der Waals surface area contributed by atoms with Crippen molar-refractivity contribution in [2.75, 3.05) is 26.2 Å². The third-order valence-corrected chi connectivity index (χ3v) is 8.89. The van der Waals surface area contributed by atoms with Crippen molar-refractivity contribution < 1.29 is 9.53 Å². The topological polar surface area (TPSA) is 45.7 Å². The third-order valence-electron chi connectivity index (χ3n) is 8.89. The molecule has 4 aliphatic heterocycles. The van der Waals surface area contributed by atoms with Gasteiger partial charge in [-0.2, -0.15) is 0 Å². The Kier molecular flexibility index (Phi) is 4.92. The van der Waals surface area contributed by atoms with Gasteiger partial charge in [-0.1, -0.05) is 13.0 Å². The fraction of sp³-hybridized carbons (Fsp3) is 0.467. The van der Waals surface area contributed by atoms with Gasteiger partial charge in [0, 0.05) is 28.8 Å². The van der Waals surface area contributed by atoms with Gasteiger partial charge in [-0.3, -0.25) is 4.79 Å². The molecule has 2 aromatic rings. The first-order chi connectivity index (χ1) is 17.1. The number of hydrogen-bond acceptors (Lipinski definition) is 5. The Morgan fingerprint density at radius 1 is 1.11 bits per heavy atom. The second kappa shape index (κ2) is 8.06. The predicted octanol–water partition coefficient (Wildman–Crippen LogP) is 4.93. The van der Waals surface area contributed by atoms with Crippen molar-refractivity contribution in [2.45, 2.75) is 58.4 Å². The Morgan fingerprint density at radius 2 is 1.91 bits per heavy atom. The summed E-state index contributed by atoms with van der Waals surface area (Å²) in [7, 11) is 0. The number of ether oxygens (including phenoxy) is 1. The lowest BCUT2D eigenvalue weighted by Crippen LogP contribution is -2.32. The van der Waals surface area contributed by atoms with E-state index >= 15 is 0 Å². The molecule has 5 nitrogen and oxygen atoms in total. The number of hydrogen-bond donors (Lipinski definition) is 0. The maximum atomic E-state index is 12.3. The molecule has 5 aliphatic rings.